The Morgan fingerprint density at radius 2 is 1.94 bits per heavy atom. The molecule has 0 spiro atoms. The highest BCUT2D eigenvalue weighted by atomic mass is 32.2. The van der Waals surface area contributed by atoms with E-state index in [0.29, 0.717) is 36.9 Å². The molecule has 9 heteroatoms. The zero-order chi connectivity index (χ0) is 22.2. The van der Waals surface area contributed by atoms with Crippen LogP contribution < -0.4 is 14.8 Å². The maximum absolute atomic E-state index is 12.0. The summed E-state index contributed by atoms with van der Waals surface area (Å²) in [6, 6.07) is 21.1. The molecule has 0 unspecified atom stereocenters. The maximum Gasteiger partial charge on any atom is 0.231 e. The van der Waals surface area contributed by atoms with Crippen molar-refractivity contribution in [1.82, 2.24) is 25.1 Å². The smallest absolute Gasteiger partial charge is 0.231 e. The molecule has 0 atom stereocenters. The largest absolute Gasteiger partial charge is 0.497 e. The third kappa shape index (κ3) is 5.55. The highest BCUT2D eigenvalue weighted by Crippen LogP contribution is 2.23. The summed E-state index contributed by atoms with van der Waals surface area (Å²) in [7, 11) is 1.62. The van der Waals surface area contributed by atoms with Crippen molar-refractivity contribution >= 4 is 23.3 Å². The number of amides is 1. The lowest BCUT2D eigenvalue weighted by Gasteiger charge is -2.08. The van der Waals surface area contributed by atoms with Crippen LogP contribution in [0.3, 0.4) is 0 Å². The molecule has 0 saturated heterocycles. The second-order valence-corrected chi connectivity index (χ2v) is 7.98. The first kappa shape index (κ1) is 21.6. The lowest BCUT2D eigenvalue weighted by molar-refractivity contribution is -0.120. The zero-order valence-corrected chi connectivity index (χ0v) is 18.4. The van der Waals surface area contributed by atoms with E-state index < -0.39 is 0 Å². The Balaban J connectivity index is 1.27. The number of nitrogens with one attached hydrogen (secondary N) is 1. The third-order valence-corrected chi connectivity index (χ3v) is 5.60. The zero-order valence-electron chi connectivity index (χ0n) is 17.6. The first-order chi connectivity index (χ1) is 15.7. The van der Waals surface area contributed by atoms with Gasteiger partial charge in [0.15, 0.2) is 11.5 Å². The minimum atomic E-state index is -0.000405. The number of methoxy groups -OCH3 is 1. The van der Waals surface area contributed by atoms with Crippen LogP contribution in [0, 0.1) is 0 Å². The molecule has 1 N–H and O–H groups in total. The van der Waals surface area contributed by atoms with Gasteiger partial charge in [-0.05, 0) is 30.3 Å². The summed E-state index contributed by atoms with van der Waals surface area (Å²) in [5.74, 6) is 2.48. The molecule has 2 aromatic heterocycles. The number of fused-ring (bicyclic) bond motifs is 1. The van der Waals surface area contributed by atoms with Gasteiger partial charge in [-0.2, -0.15) is 4.52 Å². The van der Waals surface area contributed by atoms with Gasteiger partial charge >= 0.3 is 0 Å². The number of carbonyl (C=O) groups is 1. The molecule has 4 aromatic rings. The number of nitrogens with zero attached hydrogens (tertiary/aromatic N) is 4. The van der Waals surface area contributed by atoms with Crippen LogP contribution in [0.4, 0.5) is 0 Å². The van der Waals surface area contributed by atoms with Crippen LogP contribution in [0.1, 0.15) is 6.42 Å². The molecule has 2 heterocycles. The van der Waals surface area contributed by atoms with Crippen molar-refractivity contribution in [2.75, 3.05) is 26.0 Å². The Labute approximate surface area is 190 Å². The van der Waals surface area contributed by atoms with Crippen molar-refractivity contribution in [3.05, 3.63) is 66.7 Å². The molecule has 0 aliphatic rings. The predicted molar refractivity (Wildman–Crippen MR) is 123 cm³/mol. The normalized spacial score (nSPS) is 10.8. The molecule has 0 saturated carbocycles. The van der Waals surface area contributed by atoms with Crippen LogP contribution in [0.5, 0.6) is 11.6 Å². The molecule has 0 aliphatic heterocycles. The average Bonchev–Trinajstić information content (AvgIpc) is 3.26. The van der Waals surface area contributed by atoms with Crippen molar-refractivity contribution in [1.29, 1.82) is 0 Å². The SMILES string of the molecule is COc1cccc(-c2nnc3ccc(OCCNC(=O)CCSc4ccccc4)nn23)c1. The van der Waals surface area contributed by atoms with E-state index in [1.165, 1.54) is 0 Å². The van der Waals surface area contributed by atoms with Crippen LogP contribution in [0.15, 0.2) is 71.6 Å². The molecular formula is C23H23N5O3S. The van der Waals surface area contributed by atoms with E-state index in [4.69, 9.17) is 9.47 Å². The highest BCUT2D eigenvalue weighted by Gasteiger charge is 2.11. The lowest BCUT2D eigenvalue weighted by Crippen LogP contribution is -2.28. The fourth-order valence-corrected chi connectivity index (χ4v) is 3.88. The van der Waals surface area contributed by atoms with Crippen LogP contribution >= 0.6 is 11.8 Å². The van der Waals surface area contributed by atoms with Crippen molar-refractivity contribution in [3.8, 4) is 23.0 Å². The van der Waals surface area contributed by atoms with E-state index in [0.717, 1.165) is 22.0 Å². The second kappa shape index (κ2) is 10.6. The first-order valence-electron chi connectivity index (χ1n) is 10.2. The Morgan fingerprint density at radius 3 is 2.78 bits per heavy atom. The van der Waals surface area contributed by atoms with E-state index in [1.807, 2.05) is 54.6 Å². The average molecular weight is 450 g/mol. The molecule has 32 heavy (non-hydrogen) atoms. The fourth-order valence-electron chi connectivity index (χ4n) is 3.00. The highest BCUT2D eigenvalue weighted by molar-refractivity contribution is 7.99. The van der Waals surface area contributed by atoms with E-state index >= 15 is 0 Å². The summed E-state index contributed by atoms with van der Waals surface area (Å²) in [6.07, 6.45) is 0.453. The minimum absolute atomic E-state index is 0.000405. The Hall–Kier alpha value is -3.59. The van der Waals surface area contributed by atoms with E-state index in [1.54, 1.807) is 35.5 Å². The van der Waals surface area contributed by atoms with E-state index in [2.05, 4.69) is 20.6 Å². The molecule has 0 radical (unpaired) electrons. The molecule has 1 amide bonds. The second-order valence-electron chi connectivity index (χ2n) is 6.81. The topological polar surface area (TPSA) is 90.6 Å². The van der Waals surface area contributed by atoms with Gasteiger partial charge in [0.1, 0.15) is 12.4 Å². The van der Waals surface area contributed by atoms with Crippen molar-refractivity contribution in [3.63, 3.8) is 0 Å². The fraction of sp³-hybridized carbons (Fsp3) is 0.217. The van der Waals surface area contributed by atoms with Crippen molar-refractivity contribution in [2.45, 2.75) is 11.3 Å². The molecule has 164 valence electrons. The van der Waals surface area contributed by atoms with Gasteiger partial charge in [-0.3, -0.25) is 4.79 Å². The van der Waals surface area contributed by atoms with Crippen molar-refractivity contribution < 1.29 is 14.3 Å². The number of carbonyl (C=O) groups excluding carboxylic acids is 1. The van der Waals surface area contributed by atoms with E-state index in [9.17, 15) is 4.79 Å². The summed E-state index contributed by atoms with van der Waals surface area (Å²) in [5, 5.41) is 15.7. The molecule has 0 fully saturated rings. The number of hydrogen-bond acceptors (Lipinski definition) is 7. The minimum Gasteiger partial charge on any atom is -0.497 e. The van der Waals surface area contributed by atoms with Crippen LogP contribution in [0.25, 0.3) is 17.0 Å². The molecular weight excluding hydrogens is 426 g/mol. The number of benzene rings is 2. The number of ether oxygens (including phenoxy) is 2. The number of rotatable bonds is 10. The van der Waals surface area contributed by atoms with Crippen LogP contribution in [-0.4, -0.2) is 51.7 Å². The molecule has 0 aliphatic carbocycles. The Morgan fingerprint density at radius 1 is 1.06 bits per heavy atom. The van der Waals surface area contributed by atoms with Gasteiger partial charge in [0, 0.05) is 28.7 Å². The van der Waals surface area contributed by atoms with Gasteiger partial charge in [-0.15, -0.1) is 27.1 Å². The van der Waals surface area contributed by atoms with Gasteiger partial charge in [-0.25, -0.2) is 0 Å². The quantitative estimate of drug-likeness (QED) is 0.293. The summed E-state index contributed by atoms with van der Waals surface area (Å²) in [5.41, 5.74) is 1.45. The standard InChI is InChI=1S/C23H23N5O3S/c1-30-18-7-5-6-17(16-18)23-26-25-20-10-11-22(27-28(20)23)31-14-13-24-21(29)12-15-32-19-8-3-2-4-9-19/h2-11,16H,12-15H2,1H3,(H,24,29). The van der Waals surface area contributed by atoms with Gasteiger partial charge < -0.3 is 14.8 Å². The summed E-state index contributed by atoms with van der Waals surface area (Å²) in [4.78, 5) is 13.2. The molecule has 2 aromatic carbocycles. The Kier molecular flexibility index (Phi) is 7.19. The predicted octanol–water partition coefficient (Wildman–Crippen LogP) is 3.48. The van der Waals surface area contributed by atoms with Gasteiger partial charge in [0.05, 0.1) is 13.7 Å². The summed E-state index contributed by atoms with van der Waals surface area (Å²) >= 11 is 1.66. The molecule has 4 rings (SSSR count). The lowest BCUT2D eigenvalue weighted by atomic mass is 10.2. The van der Waals surface area contributed by atoms with E-state index in [-0.39, 0.29) is 5.91 Å². The summed E-state index contributed by atoms with van der Waals surface area (Å²) < 4.78 is 12.6. The first-order valence-corrected chi connectivity index (χ1v) is 11.2. The van der Waals surface area contributed by atoms with Gasteiger partial charge in [-0.1, -0.05) is 30.3 Å². The van der Waals surface area contributed by atoms with Crippen molar-refractivity contribution in [2.24, 2.45) is 0 Å². The number of aromatic nitrogens is 4. The maximum atomic E-state index is 12.0. The summed E-state index contributed by atoms with van der Waals surface area (Å²) in [6.45, 7) is 0.714. The van der Waals surface area contributed by atoms with Gasteiger partial charge in [0.2, 0.25) is 11.8 Å². The Bertz CT molecular complexity index is 1180. The number of hydrogen-bond donors (Lipinski definition) is 1. The molecule has 0 bridgehead atoms. The third-order valence-electron chi connectivity index (χ3n) is 4.58. The molecule has 8 nitrogen and oxygen atoms in total. The number of thioether (sulfide) groups is 1. The van der Waals surface area contributed by atoms with Crippen LogP contribution in [0.2, 0.25) is 0 Å². The van der Waals surface area contributed by atoms with Gasteiger partial charge in [0.25, 0.3) is 0 Å². The monoisotopic (exact) mass is 449 g/mol. The van der Waals surface area contributed by atoms with Crippen LogP contribution in [-0.2, 0) is 4.79 Å².